The summed E-state index contributed by atoms with van der Waals surface area (Å²) in [7, 11) is 0. The molecule has 0 radical (unpaired) electrons. The van der Waals surface area contributed by atoms with Gasteiger partial charge in [0.1, 0.15) is 6.04 Å². The summed E-state index contributed by atoms with van der Waals surface area (Å²) in [5, 5.41) is 3.28. The Morgan fingerprint density at radius 3 is 2.48 bits per heavy atom. The van der Waals surface area contributed by atoms with Crippen molar-refractivity contribution < 1.29 is 9.53 Å². The lowest BCUT2D eigenvalue weighted by Crippen LogP contribution is -2.39. The van der Waals surface area contributed by atoms with Crippen molar-refractivity contribution in [3.05, 3.63) is 0 Å². The molecule has 0 heterocycles. The lowest BCUT2D eigenvalue weighted by Gasteiger charge is -2.17. The second-order valence-electron chi connectivity index (χ2n) is 5.18. The molecule has 0 aliphatic rings. The van der Waals surface area contributed by atoms with Gasteiger partial charge in [0.05, 0.1) is 6.61 Å². The smallest absolute Gasteiger partial charge is 0.323 e. The monoisotopic (exact) mass is 300 g/mol. The number of rotatable bonds is 13. The van der Waals surface area contributed by atoms with Gasteiger partial charge >= 0.3 is 5.97 Å². The van der Waals surface area contributed by atoms with Crippen LogP contribution in [0.4, 0.5) is 0 Å². The van der Waals surface area contributed by atoms with Gasteiger partial charge in [-0.15, -0.1) is 0 Å². The van der Waals surface area contributed by atoms with Crippen LogP contribution < -0.4 is 16.8 Å². The van der Waals surface area contributed by atoms with Crippen molar-refractivity contribution in [2.75, 3.05) is 19.7 Å². The maximum absolute atomic E-state index is 12.0. The number of unbranched alkanes of at least 4 members (excludes halogenated alkanes) is 3. The molecule has 0 aliphatic carbocycles. The fourth-order valence-corrected chi connectivity index (χ4v) is 1.88. The summed E-state index contributed by atoms with van der Waals surface area (Å²) < 4.78 is 5.29. The van der Waals surface area contributed by atoms with E-state index >= 15 is 0 Å². The Morgan fingerprint density at radius 1 is 1.14 bits per heavy atom. The lowest BCUT2D eigenvalue weighted by molar-refractivity contribution is -0.146. The molecule has 0 fully saturated rings. The van der Waals surface area contributed by atoms with Crippen molar-refractivity contribution in [3.8, 4) is 0 Å². The topological polar surface area (TPSA) is 103 Å². The van der Waals surface area contributed by atoms with E-state index in [2.05, 4.69) is 24.2 Å². The zero-order valence-corrected chi connectivity index (χ0v) is 13.6. The van der Waals surface area contributed by atoms with E-state index in [9.17, 15) is 4.79 Å². The highest BCUT2D eigenvalue weighted by Gasteiger charge is 2.18. The van der Waals surface area contributed by atoms with E-state index in [4.69, 9.17) is 16.2 Å². The highest BCUT2D eigenvalue weighted by Crippen LogP contribution is 2.03. The van der Waals surface area contributed by atoms with E-state index in [1.807, 2.05) is 0 Å². The first kappa shape index (κ1) is 19.7. The molecule has 0 aromatic carbocycles. The molecule has 0 aliphatic heterocycles. The molecule has 124 valence electrons. The molecular weight excluding hydrogens is 268 g/mol. The molecule has 1 atom stereocenters. The van der Waals surface area contributed by atoms with Crippen LogP contribution in [0.2, 0.25) is 0 Å². The van der Waals surface area contributed by atoms with Gasteiger partial charge in [-0.05, 0) is 32.2 Å². The Morgan fingerprint density at radius 2 is 1.86 bits per heavy atom. The number of esters is 1. The molecule has 1 unspecified atom stereocenters. The second-order valence-corrected chi connectivity index (χ2v) is 5.18. The van der Waals surface area contributed by atoms with Gasteiger partial charge in [-0.2, -0.15) is 0 Å². The standard InChI is InChI=1S/C15H32N4O2/c1-3-5-7-10-18-13(9-8-11-19-15(16)17)14(20)21-12-6-4-2/h13,18H,3-12H2,1-2H3,(H4,16,17,19). The Bertz CT molecular complexity index is 291. The summed E-state index contributed by atoms with van der Waals surface area (Å²) in [6, 6.07) is -0.257. The fourth-order valence-electron chi connectivity index (χ4n) is 1.88. The van der Waals surface area contributed by atoms with Crippen LogP contribution in [0.1, 0.15) is 58.8 Å². The van der Waals surface area contributed by atoms with Gasteiger partial charge in [0.25, 0.3) is 0 Å². The second kappa shape index (κ2) is 13.7. The number of nitrogens with one attached hydrogen (secondary N) is 1. The highest BCUT2D eigenvalue weighted by molar-refractivity contribution is 5.76. The number of hydrogen-bond acceptors (Lipinski definition) is 4. The Balaban J connectivity index is 4.12. The van der Waals surface area contributed by atoms with Crippen molar-refractivity contribution in [2.24, 2.45) is 16.5 Å². The van der Waals surface area contributed by atoms with Crippen LogP contribution >= 0.6 is 0 Å². The van der Waals surface area contributed by atoms with E-state index in [0.717, 1.165) is 38.6 Å². The van der Waals surface area contributed by atoms with Crippen molar-refractivity contribution in [2.45, 2.75) is 64.8 Å². The molecule has 0 saturated heterocycles. The molecule has 0 rings (SSSR count). The van der Waals surface area contributed by atoms with Crippen molar-refractivity contribution in [3.63, 3.8) is 0 Å². The third kappa shape index (κ3) is 12.2. The predicted octanol–water partition coefficient (Wildman–Crippen LogP) is 1.53. The van der Waals surface area contributed by atoms with Gasteiger partial charge in [-0.3, -0.25) is 9.79 Å². The summed E-state index contributed by atoms with van der Waals surface area (Å²) in [5.74, 6) is -0.0716. The fraction of sp³-hybridized carbons (Fsp3) is 0.867. The number of carbonyl (C=O) groups excluding carboxylic acids is 1. The number of nitrogens with zero attached hydrogens (tertiary/aromatic N) is 1. The predicted molar refractivity (Wildman–Crippen MR) is 87.1 cm³/mol. The minimum Gasteiger partial charge on any atom is -0.465 e. The average Bonchev–Trinajstić information content (AvgIpc) is 2.45. The quantitative estimate of drug-likeness (QED) is 0.207. The largest absolute Gasteiger partial charge is 0.465 e. The maximum Gasteiger partial charge on any atom is 0.323 e. The zero-order chi connectivity index (χ0) is 15.9. The van der Waals surface area contributed by atoms with E-state index in [-0.39, 0.29) is 18.0 Å². The number of carbonyl (C=O) groups is 1. The molecule has 0 amide bonds. The average molecular weight is 300 g/mol. The first-order chi connectivity index (χ1) is 10.1. The molecule has 0 aromatic heterocycles. The Kier molecular flexibility index (Phi) is 12.8. The van der Waals surface area contributed by atoms with Gasteiger partial charge in [-0.1, -0.05) is 33.1 Å². The van der Waals surface area contributed by atoms with Crippen LogP contribution in [0.5, 0.6) is 0 Å². The Hall–Kier alpha value is -1.30. The van der Waals surface area contributed by atoms with Gasteiger partial charge < -0.3 is 21.5 Å². The highest BCUT2D eigenvalue weighted by atomic mass is 16.5. The number of ether oxygens (including phenoxy) is 1. The van der Waals surface area contributed by atoms with Gasteiger partial charge in [-0.25, -0.2) is 0 Å². The molecule has 0 aromatic rings. The number of hydrogen-bond donors (Lipinski definition) is 3. The molecule has 5 N–H and O–H groups in total. The Labute approximate surface area is 128 Å². The number of nitrogens with two attached hydrogens (primary N) is 2. The summed E-state index contributed by atoms with van der Waals surface area (Å²) >= 11 is 0. The zero-order valence-electron chi connectivity index (χ0n) is 13.6. The molecule has 0 saturated carbocycles. The van der Waals surface area contributed by atoms with Crippen molar-refractivity contribution in [1.82, 2.24) is 5.32 Å². The van der Waals surface area contributed by atoms with Crippen LogP contribution in [0, 0.1) is 0 Å². The van der Waals surface area contributed by atoms with Crippen LogP contribution in [0.15, 0.2) is 4.99 Å². The summed E-state index contributed by atoms with van der Waals surface area (Å²) in [4.78, 5) is 16.0. The lowest BCUT2D eigenvalue weighted by atomic mass is 10.1. The SMILES string of the molecule is CCCCCNC(CCCN=C(N)N)C(=O)OCCCC. The summed E-state index contributed by atoms with van der Waals surface area (Å²) in [6.07, 6.45) is 6.77. The third-order valence-electron chi connectivity index (χ3n) is 3.14. The first-order valence-electron chi connectivity index (χ1n) is 8.07. The van der Waals surface area contributed by atoms with E-state index in [1.165, 1.54) is 6.42 Å². The summed E-state index contributed by atoms with van der Waals surface area (Å²) in [6.45, 7) is 6.10. The van der Waals surface area contributed by atoms with Crippen molar-refractivity contribution >= 4 is 11.9 Å². The van der Waals surface area contributed by atoms with Gasteiger partial charge in [0.2, 0.25) is 0 Å². The van der Waals surface area contributed by atoms with E-state index < -0.39 is 0 Å². The molecule has 6 heteroatoms. The summed E-state index contributed by atoms with van der Waals surface area (Å²) in [5.41, 5.74) is 10.6. The minimum absolute atomic E-state index is 0.0907. The molecule has 0 bridgehead atoms. The first-order valence-corrected chi connectivity index (χ1v) is 8.07. The van der Waals surface area contributed by atoms with Crippen LogP contribution in [0.3, 0.4) is 0 Å². The van der Waals surface area contributed by atoms with Gasteiger partial charge in [0, 0.05) is 6.54 Å². The minimum atomic E-state index is -0.257. The van der Waals surface area contributed by atoms with E-state index in [0.29, 0.717) is 19.6 Å². The number of aliphatic imine (C=N–C) groups is 1. The molecule has 6 nitrogen and oxygen atoms in total. The van der Waals surface area contributed by atoms with Gasteiger partial charge in [0.15, 0.2) is 5.96 Å². The third-order valence-corrected chi connectivity index (χ3v) is 3.14. The van der Waals surface area contributed by atoms with E-state index in [1.54, 1.807) is 0 Å². The number of guanidine groups is 1. The van der Waals surface area contributed by atoms with Crippen molar-refractivity contribution in [1.29, 1.82) is 0 Å². The molecular formula is C15H32N4O2. The van der Waals surface area contributed by atoms with Crippen LogP contribution in [-0.4, -0.2) is 37.7 Å². The molecule has 21 heavy (non-hydrogen) atoms. The normalized spacial score (nSPS) is 11.9. The maximum atomic E-state index is 12.0. The van der Waals surface area contributed by atoms with Crippen LogP contribution in [-0.2, 0) is 9.53 Å². The van der Waals surface area contributed by atoms with Crippen LogP contribution in [0.25, 0.3) is 0 Å². The molecule has 0 spiro atoms.